The molecule has 5 nitrogen and oxygen atoms in total. The van der Waals surface area contributed by atoms with E-state index in [1.807, 2.05) is 37.4 Å². The number of likely N-dealkylation sites (N-methyl/N-ethyl adjacent to an activating group) is 1. The zero-order valence-corrected chi connectivity index (χ0v) is 11.8. The van der Waals surface area contributed by atoms with Crippen LogP contribution in [0.3, 0.4) is 0 Å². The standard InChI is InChI=1S/C13H19N3O2.ClH/c1-14-7-8-15-13(18)10-16-12(17)9-11-5-3-2-4-6-11;/h2-6,14H,7-10H2,1H3,(H,15,18)(H,16,17);1H. The molecule has 0 heterocycles. The van der Waals surface area contributed by atoms with E-state index < -0.39 is 0 Å². The minimum Gasteiger partial charge on any atom is -0.353 e. The molecular weight excluding hydrogens is 266 g/mol. The lowest BCUT2D eigenvalue weighted by Crippen LogP contribution is -2.39. The van der Waals surface area contributed by atoms with Gasteiger partial charge in [-0.05, 0) is 12.6 Å². The molecule has 0 saturated heterocycles. The van der Waals surface area contributed by atoms with Crippen LogP contribution in [0.4, 0.5) is 0 Å². The van der Waals surface area contributed by atoms with Crippen molar-refractivity contribution in [3.8, 4) is 0 Å². The summed E-state index contributed by atoms with van der Waals surface area (Å²) in [6, 6.07) is 9.43. The number of benzene rings is 1. The summed E-state index contributed by atoms with van der Waals surface area (Å²) in [6.07, 6.45) is 0.296. The van der Waals surface area contributed by atoms with E-state index in [-0.39, 0.29) is 30.8 Å². The summed E-state index contributed by atoms with van der Waals surface area (Å²) in [5.41, 5.74) is 0.936. The predicted octanol–water partition coefficient (Wildman–Crippen LogP) is 0.103. The Bertz CT molecular complexity index is 385. The van der Waals surface area contributed by atoms with E-state index in [4.69, 9.17) is 0 Å². The lowest BCUT2D eigenvalue weighted by molar-refractivity contribution is -0.125. The smallest absolute Gasteiger partial charge is 0.239 e. The van der Waals surface area contributed by atoms with Gasteiger partial charge < -0.3 is 16.0 Å². The average Bonchev–Trinajstić information content (AvgIpc) is 2.38. The normalized spacial score (nSPS) is 9.32. The van der Waals surface area contributed by atoms with E-state index in [0.29, 0.717) is 19.5 Å². The maximum absolute atomic E-state index is 11.5. The average molecular weight is 286 g/mol. The van der Waals surface area contributed by atoms with Gasteiger partial charge in [-0.25, -0.2) is 0 Å². The Morgan fingerprint density at radius 3 is 2.32 bits per heavy atom. The number of halogens is 1. The first kappa shape index (κ1) is 17.4. The Labute approximate surface area is 119 Å². The summed E-state index contributed by atoms with van der Waals surface area (Å²) in [7, 11) is 1.81. The van der Waals surface area contributed by atoms with Gasteiger partial charge in [0.15, 0.2) is 0 Å². The summed E-state index contributed by atoms with van der Waals surface area (Å²) < 4.78 is 0. The van der Waals surface area contributed by atoms with Crippen LogP contribution in [0.1, 0.15) is 5.56 Å². The maximum Gasteiger partial charge on any atom is 0.239 e. The van der Waals surface area contributed by atoms with Gasteiger partial charge in [0.05, 0.1) is 13.0 Å². The van der Waals surface area contributed by atoms with Gasteiger partial charge >= 0.3 is 0 Å². The predicted molar refractivity (Wildman–Crippen MR) is 77.3 cm³/mol. The van der Waals surface area contributed by atoms with Crippen molar-refractivity contribution in [2.24, 2.45) is 0 Å². The quantitative estimate of drug-likeness (QED) is 0.623. The first-order chi connectivity index (χ1) is 8.72. The van der Waals surface area contributed by atoms with Crippen LogP contribution in [0.15, 0.2) is 30.3 Å². The second-order valence-corrected chi connectivity index (χ2v) is 3.89. The van der Waals surface area contributed by atoms with Gasteiger partial charge in [-0.1, -0.05) is 30.3 Å². The Balaban J connectivity index is 0.00000324. The third kappa shape index (κ3) is 8.18. The van der Waals surface area contributed by atoms with Crippen LogP contribution in [0, 0.1) is 0 Å². The first-order valence-electron chi connectivity index (χ1n) is 5.94. The van der Waals surface area contributed by atoms with Crippen molar-refractivity contribution in [1.82, 2.24) is 16.0 Å². The lowest BCUT2D eigenvalue weighted by Gasteiger charge is -2.06. The van der Waals surface area contributed by atoms with E-state index in [0.717, 1.165) is 5.56 Å². The first-order valence-corrected chi connectivity index (χ1v) is 5.94. The highest BCUT2D eigenvalue weighted by atomic mass is 35.5. The van der Waals surface area contributed by atoms with Gasteiger partial charge in [0, 0.05) is 13.1 Å². The molecule has 3 N–H and O–H groups in total. The van der Waals surface area contributed by atoms with Gasteiger partial charge in [0.1, 0.15) is 0 Å². The van der Waals surface area contributed by atoms with Crippen LogP contribution in [0.2, 0.25) is 0 Å². The van der Waals surface area contributed by atoms with Crippen LogP contribution in [-0.4, -0.2) is 38.5 Å². The number of carbonyl (C=O) groups is 2. The summed E-state index contributed by atoms with van der Waals surface area (Å²) in [5.74, 6) is -0.323. The summed E-state index contributed by atoms with van der Waals surface area (Å²) >= 11 is 0. The second-order valence-electron chi connectivity index (χ2n) is 3.89. The fourth-order valence-electron chi connectivity index (χ4n) is 1.41. The summed E-state index contributed by atoms with van der Waals surface area (Å²) in [4.78, 5) is 22.9. The highest BCUT2D eigenvalue weighted by Gasteiger charge is 2.05. The number of rotatable bonds is 7. The van der Waals surface area contributed by atoms with Crippen molar-refractivity contribution >= 4 is 24.2 Å². The van der Waals surface area contributed by atoms with Gasteiger partial charge in [0.25, 0.3) is 0 Å². The molecule has 0 atom stereocenters. The van der Waals surface area contributed by atoms with Crippen molar-refractivity contribution in [3.05, 3.63) is 35.9 Å². The third-order valence-electron chi connectivity index (χ3n) is 2.35. The topological polar surface area (TPSA) is 70.2 Å². The van der Waals surface area contributed by atoms with Crippen LogP contribution >= 0.6 is 12.4 Å². The molecule has 0 bridgehead atoms. The van der Waals surface area contributed by atoms with E-state index >= 15 is 0 Å². The molecule has 0 unspecified atom stereocenters. The van der Waals surface area contributed by atoms with Crippen LogP contribution in [-0.2, 0) is 16.0 Å². The van der Waals surface area contributed by atoms with E-state index in [1.54, 1.807) is 0 Å². The lowest BCUT2D eigenvalue weighted by atomic mass is 10.1. The monoisotopic (exact) mass is 285 g/mol. The molecule has 0 radical (unpaired) electrons. The van der Waals surface area contributed by atoms with Crippen molar-refractivity contribution < 1.29 is 9.59 Å². The number of nitrogens with one attached hydrogen (secondary N) is 3. The molecule has 0 fully saturated rings. The number of carbonyl (C=O) groups excluding carboxylic acids is 2. The highest BCUT2D eigenvalue weighted by molar-refractivity contribution is 5.85. The van der Waals surface area contributed by atoms with Crippen molar-refractivity contribution in [1.29, 1.82) is 0 Å². The van der Waals surface area contributed by atoms with Crippen LogP contribution in [0.25, 0.3) is 0 Å². The third-order valence-corrected chi connectivity index (χ3v) is 2.35. The number of hydrogen-bond acceptors (Lipinski definition) is 3. The van der Waals surface area contributed by atoms with Gasteiger partial charge in [0.2, 0.25) is 11.8 Å². The Hall–Kier alpha value is -1.59. The molecule has 1 aromatic rings. The molecule has 19 heavy (non-hydrogen) atoms. The van der Waals surface area contributed by atoms with E-state index in [1.165, 1.54) is 0 Å². The molecular formula is C13H20ClN3O2. The molecule has 106 valence electrons. The van der Waals surface area contributed by atoms with Crippen molar-refractivity contribution in [2.75, 3.05) is 26.7 Å². The zero-order chi connectivity index (χ0) is 13.2. The zero-order valence-electron chi connectivity index (χ0n) is 10.9. The molecule has 2 amide bonds. The SMILES string of the molecule is CNCCNC(=O)CNC(=O)Cc1ccccc1.Cl. The molecule has 0 saturated carbocycles. The number of hydrogen-bond donors (Lipinski definition) is 3. The Morgan fingerprint density at radius 1 is 1.00 bits per heavy atom. The number of amides is 2. The molecule has 1 rings (SSSR count). The van der Waals surface area contributed by atoms with Crippen LogP contribution in [0.5, 0.6) is 0 Å². The molecule has 1 aromatic carbocycles. The van der Waals surface area contributed by atoms with Gasteiger partial charge in [-0.15, -0.1) is 12.4 Å². The van der Waals surface area contributed by atoms with Crippen molar-refractivity contribution in [2.45, 2.75) is 6.42 Å². The van der Waals surface area contributed by atoms with Crippen LogP contribution < -0.4 is 16.0 Å². The maximum atomic E-state index is 11.5. The second kappa shape index (κ2) is 10.3. The largest absolute Gasteiger partial charge is 0.353 e. The highest BCUT2D eigenvalue weighted by Crippen LogP contribution is 1.98. The fourth-order valence-corrected chi connectivity index (χ4v) is 1.41. The Kier molecular flexibility index (Phi) is 9.48. The van der Waals surface area contributed by atoms with Crippen molar-refractivity contribution in [3.63, 3.8) is 0 Å². The molecule has 0 aromatic heterocycles. The Morgan fingerprint density at radius 2 is 1.68 bits per heavy atom. The molecule has 0 aliphatic carbocycles. The minimum atomic E-state index is -0.174. The summed E-state index contributed by atoms with van der Waals surface area (Å²) in [5, 5.41) is 8.19. The van der Waals surface area contributed by atoms with Gasteiger partial charge in [-0.3, -0.25) is 9.59 Å². The fraction of sp³-hybridized carbons (Fsp3) is 0.385. The van der Waals surface area contributed by atoms with Gasteiger partial charge in [-0.2, -0.15) is 0 Å². The molecule has 0 aliphatic rings. The molecule has 6 heteroatoms. The minimum absolute atomic E-state index is 0. The van der Waals surface area contributed by atoms with E-state index in [9.17, 15) is 9.59 Å². The summed E-state index contributed by atoms with van der Waals surface area (Å²) in [6.45, 7) is 1.29. The van der Waals surface area contributed by atoms with E-state index in [2.05, 4.69) is 16.0 Å². The molecule has 0 spiro atoms. The molecule has 0 aliphatic heterocycles.